The van der Waals surface area contributed by atoms with Crippen LogP contribution in [-0.2, 0) is 4.79 Å². The summed E-state index contributed by atoms with van der Waals surface area (Å²) < 4.78 is 6.25. The van der Waals surface area contributed by atoms with Gasteiger partial charge >= 0.3 is 0 Å². The van der Waals surface area contributed by atoms with E-state index in [1.54, 1.807) is 36.4 Å². The second-order valence-electron chi connectivity index (χ2n) is 5.09. The van der Waals surface area contributed by atoms with Crippen LogP contribution in [0, 0.1) is 11.3 Å². The number of nitriles is 1. The van der Waals surface area contributed by atoms with Gasteiger partial charge in [-0.2, -0.15) is 5.26 Å². The number of halogens is 2. The standard InChI is InChI=1S/C18H11BrClN3O2S/c19-12-1-6-15(25-8-7-21)11(9-12)10-16-17(24)23-18(26-16)22-14-4-2-13(20)3-5-14/h1-6,9-10H,8H2,(H,22,23,24)/b16-10-. The summed E-state index contributed by atoms with van der Waals surface area (Å²) in [6.45, 7) is -0.0690. The maximum absolute atomic E-state index is 12.2. The van der Waals surface area contributed by atoms with Gasteiger partial charge in [-0.1, -0.05) is 27.5 Å². The Morgan fingerprint density at radius 3 is 2.81 bits per heavy atom. The van der Waals surface area contributed by atoms with Gasteiger partial charge in [-0.15, -0.1) is 0 Å². The molecule has 1 aliphatic rings. The SMILES string of the molecule is N#CCOc1ccc(Br)cc1/C=C1\SC(=Nc2ccc(Cl)cc2)NC1=O. The van der Waals surface area contributed by atoms with Crippen LogP contribution in [0.2, 0.25) is 5.02 Å². The molecule has 0 unspecified atom stereocenters. The van der Waals surface area contributed by atoms with Crippen molar-refractivity contribution in [1.29, 1.82) is 5.26 Å². The molecule has 1 heterocycles. The molecular formula is C18H11BrClN3O2S. The molecule has 1 saturated heterocycles. The number of amides is 1. The number of thioether (sulfide) groups is 1. The van der Waals surface area contributed by atoms with Crippen LogP contribution in [0.25, 0.3) is 6.08 Å². The van der Waals surface area contributed by atoms with Gasteiger partial charge in [0, 0.05) is 15.1 Å². The third kappa shape index (κ3) is 4.67. The summed E-state index contributed by atoms with van der Waals surface area (Å²) in [5, 5.41) is 12.5. The molecule has 26 heavy (non-hydrogen) atoms. The van der Waals surface area contributed by atoms with Crippen molar-refractivity contribution in [2.24, 2.45) is 4.99 Å². The van der Waals surface area contributed by atoms with Gasteiger partial charge in [0.15, 0.2) is 11.8 Å². The Hall–Kier alpha value is -2.27. The van der Waals surface area contributed by atoms with Crippen molar-refractivity contribution in [2.45, 2.75) is 0 Å². The first-order chi connectivity index (χ1) is 12.5. The lowest BCUT2D eigenvalue weighted by Gasteiger charge is -2.07. The number of carbonyl (C=O) groups excluding carboxylic acids is 1. The lowest BCUT2D eigenvalue weighted by molar-refractivity contribution is -0.115. The normalized spacial score (nSPS) is 16.6. The highest BCUT2D eigenvalue weighted by Crippen LogP contribution is 2.32. The fraction of sp³-hybridized carbons (Fsp3) is 0.0556. The zero-order chi connectivity index (χ0) is 18.5. The van der Waals surface area contributed by atoms with Crippen LogP contribution >= 0.6 is 39.3 Å². The largest absolute Gasteiger partial charge is 0.478 e. The van der Waals surface area contributed by atoms with Crippen LogP contribution in [0.5, 0.6) is 5.75 Å². The molecular weight excluding hydrogens is 438 g/mol. The number of ether oxygens (including phenoxy) is 1. The Labute approximate surface area is 167 Å². The molecule has 0 bridgehead atoms. The van der Waals surface area contributed by atoms with Crippen LogP contribution in [-0.4, -0.2) is 17.7 Å². The summed E-state index contributed by atoms with van der Waals surface area (Å²) in [5.41, 5.74) is 1.39. The Morgan fingerprint density at radius 1 is 1.31 bits per heavy atom. The van der Waals surface area contributed by atoms with Crippen LogP contribution in [0.3, 0.4) is 0 Å². The molecule has 8 heteroatoms. The van der Waals surface area contributed by atoms with Crippen molar-refractivity contribution in [3.63, 3.8) is 0 Å². The predicted octanol–water partition coefficient (Wildman–Crippen LogP) is 4.90. The lowest BCUT2D eigenvalue weighted by atomic mass is 10.2. The molecule has 0 atom stereocenters. The van der Waals surface area contributed by atoms with Gasteiger partial charge in [-0.25, -0.2) is 4.99 Å². The van der Waals surface area contributed by atoms with Crippen LogP contribution in [0.15, 0.2) is 56.8 Å². The highest BCUT2D eigenvalue weighted by molar-refractivity contribution is 9.10. The number of carbonyl (C=O) groups is 1. The van der Waals surface area contributed by atoms with Crippen LogP contribution < -0.4 is 10.1 Å². The van der Waals surface area contributed by atoms with Gasteiger partial charge in [0.25, 0.3) is 5.91 Å². The number of benzene rings is 2. The molecule has 0 spiro atoms. The quantitative estimate of drug-likeness (QED) is 0.675. The number of amidine groups is 1. The predicted molar refractivity (Wildman–Crippen MR) is 108 cm³/mol. The van der Waals surface area contributed by atoms with E-state index in [-0.39, 0.29) is 12.5 Å². The lowest BCUT2D eigenvalue weighted by Crippen LogP contribution is -2.19. The second-order valence-corrected chi connectivity index (χ2v) is 7.47. The van der Waals surface area contributed by atoms with E-state index in [1.807, 2.05) is 18.2 Å². The minimum Gasteiger partial charge on any atom is -0.478 e. The molecule has 1 fully saturated rings. The summed E-state index contributed by atoms with van der Waals surface area (Å²) in [6.07, 6.45) is 1.71. The molecule has 1 N–H and O–H groups in total. The summed E-state index contributed by atoms with van der Waals surface area (Å²) in [6, 6.07) is 14.3. The van der Waals surface area contributed by atoms with Crippen molar-refractivity contribution in [3.05, 3.63) is 62.4 Å². The third-order valence-corrected chi connectivity index (χ3v) is 4.91. The topological polar surface area (TPSA) is 74.5 Å². The first-order valence-corrected chi connectivity index (χ1v) is 9.38. The Morgan fingerprint density at radius 2 is 2.08 bits per heavy atom. The second kappa shape index (κ2) is 8.41. The molecule has 0 radical (unpaired) electrons. The Balaban J connectivity index is 1.86. The van der Waals surface area contributed by atoms with E-state index in [0.29, 0.717) is 32.1 Å². The van der Waals surface area contributed by atoms with E-state index in [4.69, 9.17) is 21.6 Å². The molecule has 0 saturated carbocycles. The average molecular weight is 449 g/mol. The molecule has 5 nitrogen and oxygen atoms in total. The van der Waals surface area contributed by atoms with Gasteiger partial charge in [0.1, 0.15) is 11.8 Å². The van der Waals surface area contributed by atoms with E-state index in [2.05, 4.69) is 26.2 Å². The maximum atomic E-state index is 12.2. The van der Waals surface area contributed by atoms with Crippen LogP contribution in [0.4, 0.5) is 5.69 Å². The minimum absolute atomic E-state index is 0.0690. The zero-order valence-electron chi connectivity index (χ0n) is 13.2. The van der Waals surface area contributed by atoms with Crippen molar-refractivity contribution in [3.8, 4) is 11.8 Å². The molecule has 1 amide bonds. The number of rotatable bonds is 4. The van der Waals surface area contributed by atoms with Gasteiger partial charge in [-0.05, 0) is 60.3 Å². The van der Waals surface area contributed by atoms with Crippen molar-refractivity contribution < 1.29 is 9.53 Å². The number of aliphatic imine (C=N–C) groups is 1. The fourth-order valence-corrected chi connectivity index (χ4v) is 3.47. The van der Waals surface area contributed by atoms with Gasteiger partial charge < -0.3 is 10.1 Å². The number of hydrogen-bond donors (Lipinski definition) is 1. The van der Waals surface area contributed by atoms with Crippen molar-refractivity contribution >= 4 is 62.1 Å². The number of nitrogens with one attached hydrogen (secondary N) is 1. The van der Waals surface area contributed by atoms with Gasteiger partial charge in [-0.3, -0.25) is 4.79 Å². The van der Waals surface area contributed by atoms with E-state index in [1.165, 1.54) is 11.8 Å². The molecule has 3 rings (SSSR count). The summed E-state index contributed by atoms with van der Waals surface area (Å²) >= 11 is 10.5. The highest BCUT2D eigenvalue weighted by atomic mass is 79.9. The summed E-state index contributed by atoms with van der Waals surface area (Å²) in [7, 11) is 0. The maximum Gasteiger partial charge on any atom is 0.264 e. The first-order valence-electron chi connectivity index (χ1n) is 7.39. The molecule has 1 aliphatic heterocycles. The Kier molecular flexibility index (Phi) is 5.99. The minimum atomic E-state index is -0.242. The molecule has 2 aromatic carbocycles. The highest BCUT2D eigenvalue weighted by Gasteiger charge is 2.24. The molecule has 130 valence electrons. The van der Waals surface area contributed by atoms with Crippen LogP contribution in [0.1, 0.15) is 5.56 Å². The van der Waals surface area contributed by atoms with Crippen molar-refractivity contribution in [2.75, 3.05) is 6.61 Å². The molecule has 0 aliphatic carbocycles. The average Bonchev–Trinajstić information content (AvgIpc) is 2.95. The van der Waals surface area contributed by atoms with Crippen molar-refractivity contribution in [1.82, 2.24) is 5.32 Å². The fourth-order valence-electron chi connectivity index (χ4n) is 2.13. The molecule has 2 aromatic rings. The molecule has 0 aromatic heterocycles. The van der Waals surface area contributed by atoms with Gasteiger partial charge in [0.05, 0.1) is 10.6 Å². The smallest absolute Gasteiger partial charge is 0.264 e. The van der Waals surface area contributed by atoms with E-state index < -0.39 is 0 Å². The van der Waals surface area contributed by atoms with E-state index in [0.717, 1.165) is 4.47 Å². The third-order valence-electron chi connectivity index (χ3n) is 3.26. The number of nitrogens with zero attached hydrogens (tertiary/aromatic N) is 2. The van der Waals surface area contributed by atoms with E-state index in [9.17, 15) is 4.79 Å². The first kappa shape index (κ1) is 18.5. The Bertz CT molecular complexity index is 952. The van der Waals surface area contributed by atoms with E-state index >= 15 is 0 Å². The summed E-state index contributed by atoms with van der Waals surface area (Å²) in [5.74, 6) is 0.285. The van der Waals surface area contributed by atoms with Gasteiger partial charge in [0.2, 0.25) is 0 Å². The zero-order valence-corrected chi connectivity index (χ0v) is 16.4. The summed E-state index contributed by atoms with van der Waals surface area (Å²) in [4.78, 5) is 17.1. The monoisotopic (exact) mass is 447 g/mol. The number of hydrogen-bond acceptors (Lipinski definition) is 5.